The first-order chi connectivity index (χ1) is 6.67. The maximum atomic E-state index is 11.0. The predicted molar refractivity (Wildman–Crippen MR) is 59.6 cm³/mol. The summed E-state index contributed by atoms with van der Waals surface area (Å²) in [5.41, 5.74) is 1.49. The van der Waals surface area contributed by atoms with Gasteiger partial charge in [-0.1, -0.05) is 6.07 Å². The van der Waals surface area contributed by atoms with Gasteiger partial charge in [-0.3, -0.25) is 4.79 Å². The maximum Gasteiger partial charge on any atom is 0.309 e. The lowest BCUT2D eigenvalue weighted by molar-refractivity contribution is -0.139. The van der Waals surface area contributed by atoms with Crippen molar-refractivity contribution in [2.24, 2.45) is 0 Å². The van der Waals surface area contributed by atoms with E-state index in [1.54, 1.807) is 12.1 Å². The van der Waals surface area contributed by atoms with Crippen LogP contribution in [0.1, 0.15) is 11.1 Å². The average molecular weight is 301 g/mol. The van der Waals surface area contributed by atoms with E-state index in [-0.39, 0.29) is 12.4 Å². The number of carbonyl (C=O) groups is 1. The van der Waals surface area contributed by atoms with Gasteiger partial charge in [-0.05, 0) is 40.3 Å². The highest BCUT2D eigenvalue weighted by atomic mass is 127. The number of halogens is 1. The Kier molecular flexibility index (Phi) is 3.89. The lowest BCUT2D eigenvalue weighted by Gasteiger charge is -2.01. The van der Waals surface area contributed by atoms with Gasteiger partial charge in [0.25, 0.3) is 0 Å². The normalized spacial score (nSPS) is 9.21. The van der Waals surface area contributed by atoms with Crippen LogP contribution in [-0.4, -0.2) is 13.1 Å². The summed E-state index contributed by atoms with van der Waals surface area (Å²) in [5, 5.41) is 8.69. The standard InChI is InChI=1S/C10H8INO2/c1-14-10(13)5-7-2-3-8(6-12)9(11)4-7/h2-4H,5H2,1H3. The van der Waals surface area contributed by atoms with Crippen LogP contribution < -0.4 is 0 Å². The first-order valence-electron chi connectivity index (χ1n) is 3.92. The zero-order valence-corrected chi connectivity index (χ0v) is 9.74. The lowest BCUT2D eigenvalue weighted by atomic mass is 10.1. The first-order valence-corrected chi connectivity index (χ1v) is 5.00. The molecule has 1 aromatic rings. The SMILES string of the molecule is COC(=O)Cc1ccc(C#N)c(I)c1. The van der Waals surface area contributed by atoms with E-state index in [1.807, 2.05) is 6.07 Å². The minimum absolute atomic E-state index is 0.248. The number of benzene rings is 1. The molecule has 0 heterocycles. The molecule has 0 radical (unpaired) electrons. The molecule has 0 aliphatic heterocycles. The van der Waals surface area contributed by atoms with Gasteiger partial charge in [-0.25, -0.2) is 0 Å². The number of hydrogen-bond acceptors (Lipinski definition) is 3. The third-order valence-corrected chi connectivity index (χ3v) is 2.62. The molecule has 0 aromatic heterocycles. The van der Waals surface area contributed by atoms with E-state index in [0.29, 0.717) is 5.56 Å². The van der Waals surface area contributed by atoms with E-state index < -0.39 is 0 Å². The van der Waals surface area contributed by atoms with Gasteiger partial charge < -0.3 is 4.74 Å². The van der Waals surface area contributed by atoms with Crippen LogP contribution in [-0.2, 0) is 16.0 Å². The lowest BCUT2D eigenvalue weighted by Crippen LogP contribution is -2.04. The fourth-order valence-electron chi connectivity index (χ4n) is 0.998. The quantitative estimate of drug-likeness (QED) is 0.619. The van der Waals surface area contributed by atoms with Crippen LogP contribution in [0.3, 0.4) is 0 Å². The topological polar surface area (TPSA) is 50.1 Å². The Bertz CT molecular complexity index is 396. The highest BCUT2D eigenvalue weighted by Crippen LogP contribution is 2.14. The minimum Gasteiger partial charge on any atom is -0.469 e. The molecule has 0 aliphatic carbocycles. The fourth-order valence-corrected chi connectivity index (χ4v) is 1.70. The number of hydrogen-bond donors (Lipinski definition) is 0. The zero-order valence-electron chi connectivity index (χ0n) is 7.58. The summed E-state index contributed by atoms with van der Waals surface area (Å²) in [4.78, 5) is 11.0. The summed E-state index contributed by atoms with van der Waals surface area (Å²) in [6.07, 6.45) is 0.248. The van der Waals surface area contributed by atoms with Crippen LogP contribution in [0.5, 0.6) is 0 Å². The number of nitriles is 1. The van der Waals surface area contributed by atoms with E-state index in [0.717, 1.165) is 9.13 Å². The van der Waals surface area contributed by atoms with Crippen LogP contribution in [0.2, 0.25) is 0 Å². The van der Waals surface area contributed by atoms with Crippen molar-refractivity contribution in [3.63, 3.8) is 0 Å². The van der Waals surface area contributed by atoms with Crippen LogP contribution in [0.4, 0.5) is 0 Å². The molecule has 0 aliphatic rings. The van der Waals surface area contributed by atoms with Crippen molar-refractivity contribution >= 4 is 28.6 Å². The van der Waals surface area contributed by atoms with E-state index in [4.69, 9.17) is 5.26 Å². The summed E-state index contributed by atoms with van der Waals surface area (Å²) in [5.74, 6) is -0.273. The van der Waals surface area contributed by atoms with Crippen molar-refractivity contribution in [2.45, 2.75) is 6.42 Å². The summed E-state index contributed by atoms with van der Waals surface area (Å²) in [6.45, 7) is 0. The third-order valence-electron chi connectivity index (χ3n) is 1.73. The molecule has 0 saturated heterocycles. The molecular weight excluding hydrogens is 293 g/mol. The van der Waals surface area contributed by atoms with Gasteiger partial charge in [0, 0.05) is 3.57 Å². The summed E-state index contributed by atoms with van der Waals surface area (Å²) >= 11 is 2.07. The Balaban J connectivity index is 2.88. The molecule has 72 valence electrons. The zero-order chi connectivity index (χ0) is 10.6. The van der Waals surface area contributed by atoms with Crippen molar-refractivity contribution in [2.75, 3.05) is 7.11 Å². The van der Waals surface area contributed by atoms with Gasteiger partial charge >= 0.3 is 5.97 Å². The molecule has 0 bridgehead atoms. The summed E-state index contributed by atoms with van der Waals surface area (Å²) in [7, 11) is 1.36. The third kappa shape index (κ3) is 2.70. The van der Waals surface area contributed by atoms with Crippen molar-refractivity contribution in [3.8, 4) is 6.07 Å². The van der Waals surface area contributed by atoms with Gasteiger partial charge in [0.2, 0.25) is 0 Å². The Hall–Kier alpha value is -1.09. The summed E-state index contributed by atoms with van der Waals surface area (Å²) in [6, 6.07) is 7.35. The van der Waals surface area contributed by atoms with E-state index in [9.17, 15) is 4.79 Å². The fraction of sp³-hybridized carbons (Fsp3) is 0.200. The number of nitrogens with zero attached hydrogens (tertiary/aromatic N) is 1. The van der Waals surface area contributed by atoms with Crippen LogP contribution in [0.25, 0.3) is 0 Å². The Morgan fingerprint density at radius 3 is 2.86 bits per heavy atom. The number of methoxy groups -OCH3 is 1. The number of rotatable bonds is 2. The highest BCUT2D eigenvalue weighted by Gasteiger charge is 2.05. The molecule has 4 heteroatoms. The van der Waals surface area contributed by atoms with Crippen molar-refractivity contribution in [1.82, 2.24) is 0 Å². The van der Waals surface area contributed by atoms with Gasteiger partial charge in [0.15, 0.2) is 0 Å². The monoisotopic (exact) mass is 301 g/mol. The largest absolute Gasteiger partial charge is 0.469 e. The predicted octanol–water partition coefficient (Wildman–Crippen LogP) is 1.88. The molecule has 14 heavy (non-hydrogen) atoms. The Morgan fingerprint density at radius 1 is 1.64 bits per heavy atom. The maximum absolute atomic E-state index is 11.0. The molecule has 0 saturated carbocycles. The molecular formula is C10H8INO2. The first kappa shape index (κ1) is 11.0. The molecule has 0 fully saturated rings. The second-order valence-corrected chi connectivity index (χ2v) is 3.84. The van der Waals surface area contributed by atoms with Crippen molar-refractivity contribution < 1.29 is 9.53 Å². The van der Waals surface area contributed by atoms with Gasteiger partial charge in [-0.2, -0.15) is 5.26 Å². The number of carbonyl (C=O) groups excluding carboxylic acids is 1. The van der Waals surface area contributed by atoms with Gasteiger partial charge in [0.1, 0.15) is 6.07 Å². The van der Waals surface area contributed by atoms with Gasteiger partial charge in [0.05, 0.1) is 19.1 Å². The Labute approximate surface area is 95.8 Å². The van der Waals surface area contributed by atoms with Crippen LogP contribution in [0.15, 0.2) is 18.2 Å². The number of esters is 1. The second-order valence-electron chi connectivity index (χ2n) is 2.68. The minimum atomic E-state index is -0.273. The molecule has 1 rings (SSSR count). The molecule has 0 unspecified atom stereocenters. The van der Waals surface area contributed by atoms with Crippen molar-refractivity contribution in [3.05, 3.63) is 32.9 Å². The number of ether oxygens (including phenoxy) is 1. The van der Waals surface area contributed by atoms with Gasteiger partial charge in [-0.15, -0.1) is 0 Å². The van der Waals surface area contributed by atoms with E-state index in [2.05, 4.69) is 33.4 Å². The smallest absolute Gasteiger partial charge is 0.309 e. The molecule has 3 nitrogen and oxygen atoms in total. The molecule has 1 aromatic carbocycles. The Morgan fingerprint density at radius 2 is 2.36 bits per heavy atom. The molecule has 0 amide bonds. The average Bonchev–Trinajstić information content (AvgIpc) is 2.18. The van der Waals surface area contributed by atoms with Crippen molar-refractivity contribution in [1.29, 1.82) is 5.26 Å². The van der Waals surface area contributed by atoms with E-state index in [1.165, 1.54) is 7.11 Å². The summed E-state index contributed by atoms with van der Waals surface area (Å²) < 4.78 is 5.40. The second kappa shape index (κ2) is 4.96. The molecule has 0 atom stereocenters. The van der Waals surface area contributed by atoms with Crippen LogP contribution in [0, 0.1) is 14.9 Å². The molecule has 0 spiro atoms. The van der Waals surface area contributed by atoms with Crippen LogP contribution >= 0.6 is 22.6 Å². The van der Waals surface area contributed by atoms with E-state index >= 15 is 0 Å². The molecule has 0 N–H and O–H groups in total. The highest BCUT2D eigenvalue weighted by molar-refractivity contribution is 14.1.